The van der Waals surface area contributed by atoms with E-state index in [-0.39, 0.29) is 48.0 Å². The first-order chi connectivity index (χ1) is 12.5. The van der Waals surface area contributed by atoms with Crippen LogP contribution in [-0.2, 0) is 4.74 Å². The summed E-state index contributed by atoms with van der Waals surface area (Å²) < 4.78 is 23.8. The number of rotatable bonds is 6. The monoisotopic (exact) mass is 494 g/mol. The van der Waals surface area contributed by atoms with Crippen molar-refractivity contribution in [3.63, 3.8) is 0 Å². The van der Waals surface area contributed by atoms with Crippen LogP contribution in [0.2, 0.25) is 0 Å². The fourth-order valence-corrected chi connectivity index (χ4v) is 2.71. The van der Waals surface area contributed by atoms with Crippen molar-refractivity contribution < 1.29 is 18.7 Å². The zero-order valence-electron chi connectivity index (χ0n) is 15.7. The molecule has 0 saturated carbocycles. The summed E-state index contributed by atoms with van der Waals surface area (Å²) in [5, 5.41) is 3.17. The van der Waals surface area contributed by atoms with Crippen molar-refractivity contribution in [1.29, 1.82) is 0 Å². The Morgan fingerprint density at radius 1 is 1.44 bits per heavy atom. The number of carbonyl (C=O) groups excluding carboxylic acids is 1. The second kappa shape index (κ2) is 11.8. The average molecular weight is 494 g/mol. The molecule has 1 heterocycles. The maximum atomic E-state index is 13.1. The van der Waals surface area contributed by atoms with E-state index < -0.39 is 0 Å². The standard InChI is InChI=1S/C18H27FN4O3.HI/c1-3-25-18(24)23-9-7-15(8-10-23)22-17(20)21-12-13(2)26-16-6-4-5-14(19)11-16;/h4-6,11,13,15H,3,7-10,12H2,1-2H3,(H3,20,21,22);1H. The molecule has 0 aromatic heterocycles. The molecule has 0 aliphatic carbocycles. The third-order valence-electron chi connectivity index (χ3n) is 4.03. The van der Waals surface area contributed by atoms with Gasteiger partial charge in [0.2, 0.25) is 0 Å². The first kappa shape index (κ1) is 23.3. The molecule has 1 atom stereocenters. The first-order valence-corrected chi connectivity index (χ1v) is 8.88. The normalized spacial score (nSPS) is 16.3. The quantitative estimate of drug-likeness (QED) is 0.361. The summed E-state index contributed by atoms with van der Waals surface area (Å²) in [5.41, 5.74) is 5.93. The second-order valence-corrected chi connectivity index (χ2v) is 6.22. The minimum Gasteiger partial charge on any atom is -0.489 e. The fraction of sp³-hybridized carbons (Fsp3) is 0.556. The molecule has 0 bridgehead atoms. The van der Waals surface area contributed by atoms with Gasteiger partial charge in [0.1, 0.15) is 17.7 Å². The lowest BCUT2D eigenvalue weighted by Crippen LogP contribution is -2.48. The van der Waals surface area contributed by atoms with Gasteiger partial charge in [0.15, 0.2) is 5.96 Å². The van der Waals surface area contributed by atoms with Gasteiger partial charge in [-0.25, -0.2) is 14.2 Å². The smallest absolute Gasteiger partial charge is 0.409 e. The maximum absolute atomic E-state index is 13.1. The molecule has 9 heteroatoms. The van der Waals surface area contributed by atoms with Crippen LogP contribution in [0.25, 0.3) is 0 Å². The van der Waals surface area contributed by atoms with Crippen molar-refractivity contribution in [2.75, 3.05) is 26.2 Å². The number of nitrogens with zero attached hydrogens (tertiary/aromatic N) is 2. The number of benzene rings is 1. The first-order valence-electron chi connectivity index (χ1n) is 8.88. The van der Waals surface area contributed by atoms with E-state index in [1.54, 1.807) is 24.0 Å². The molecule has 1 amide bonds. The average Bonchev–Trinajstić information content (AvgIpc) is 2.61. The third kappa shape index (κ3) is 8.19. The van der Waals surface area contributed by atoms with Gasteiger partial charge in [-0.1, -0.05) is 6.07 Å². The Morgan fingerprint density at radius 2 is 2.15 bits per heavy atom. The van der Waals surface area contributed by atoms with Crippen molar-refractivity contribution in [2.45, 2.75) is 38.8 Å². The number of piperidine rings is 1. The molecular weight excluding hydrogens is 466 g/mol. The van der Waals surface area contributed by atoms with Crippen molar-refractivity contribution in [1.82, 2.24) is 10.2 Å². The molecule has 1 aliphatic rings. The summed E-state index contributed by atoms with van der Waals surface area (Å²) >= 11 is 0. The van der Waals surface area contributed by atoms with Gasteiger partial charge in [-0.15, -0.1) is 24.0 Å². The molecular formula is C18H28FIN4O3. The number of halogens is 2. The number of nitrogens with one attached hydrogen (secondary N) is 1. The van der Waals surface area contributed by atoms with Crippen molar-refractivity contribution in [3.05, 3.63) is 30.1 Å². The number of hydrogen-bond acceptors (Lipinski definition) is 4. The van der Waals surface area contributed by atoms with Gasteiger partial charge < -0.3 is 25.4 Å². The number of amides is 1. The number of nitrogens with two attached hydrogens (primary N) is 1. The molecule has 1 unspecified atom stereocenters. The molecule has 1 aromatic rings. The Hall–Kier alpha value is -1.78. The molecule has 152 valence electrons. The van der Waals surface area contributed by atoms with Crippen molar-refractivity contribution >= 4 is 36.0 Å². The number of ether oxygens (including phenoxy) is 2. The Labute approximate surface area is 176 Å². The van der Waals surface area contributed by atoms with Gasteiger partial charge in [0.05, 0.1) is 13.2 Å². The fourth-order valence-electron chi connectivity index (χ4n) is 2.71. The Balaban J connectivity index is 0.00000364. The van der Waals surface area contributed by atoms with Crippen LogP contribution >= 0.6 is 24.0 Å². The summed E-state index contributed by atoms with van der Waals surface area (Å²) in [5.74, 6) is 0.466. The van der Waals surface area contributed by atoms with Gasteiger partial charge in [-0.05, 0) is 38.8 Å². The van der Waals surface area contributed by atoms with E-state index in [4.69, 9.17) is 15.2 Å². The second-order valence-electron chi connectivity index (χ2n) is 6.22. The SMILES string of the molecule is CCOC(=O)N1CCC(NC(N)=NCC(C)Oc2cccc(F)c2)CC1.I. The molecule has 0 spiro atoms. The Morgan fingerprint density at radius 3 is 2.78 bits per heavy atom. The van der Waals surface area contributed by atoms with Crippen LogP contribution < -0.4 is 15.8 Å². The van der Waals surface area contributed by atoms with Gasteiger partial charge in [0, 0.05) is 25.2 Å². The topological polar surface area (TPSA) is 89.2 Å². The summed E-state index contributed by atoms with van der Waals surface area (Å²) in [6.07, 6.45) is 1.06. The summed E-state index contributed by atoms with van der Waals surface area (Å²) in [6, 6.07) is 6.16. The zero-order valence-corrected chi connectivity index (χ0v) is 18.0. The van der Waals surface area contributed by atoms with Crippen LogP contribution in [0.5, 0.6) is 5.75 Å². The van der Waals surface area contributed by atoms with Gasteiger partial charge in [0.25, 0.3) is 0 Å². The number of guanidine groups is 1. The van der Waals surface area contributed by atoms with Crippen molar-refractivity contribution in [3.8, 4) is 5.75 Å². The molecule has 1 fully saturated rings. The minimum atomic E-state index is -0.339. The van der Waals surface area contributed by atoms with Crippen LogP contribution in [0.3, 0.4) is 0 Å². The number of carbonyl (C=O) groups is 1. The van der Waals surface area contributed by atoms with E-state index in [1.807, 2.05) is 6.92 Å². The molecule has 1 aromatic carbocycles. The van der Waals surface area contributed by atoms with Gasteiger partial charge >= 0.3 is 6.09 Å². The summed E-state index contributed by atoms with van der Waals surface area (Å²) in [7, 11) is 0. The van der Waals surface area contributed by atoms with E-state index in [2.05, 4.69) is 10.3 Å². The highest BCUT2D eigenvalue weighted by molar-refractivity contribution is 14.0. The number of hydrogen-bond donors (Lipinski definition) is 2. The maximum Gasteiger partial charge on any atom is 0.409 e. The van der Waals surface area contributed by atoms with E-state index in [1.165, 1.54) is 12.1 Å². The largest absolute Gasteiger partial charge is 0.489 e. The number of likely N-dealkylation sites (tertiary alicyclic amines) is 1. The Bertz CT molecular complexity index is 624. The number of aliphatic imine (C=N–C) groups is 1. The van der Waals surface area contributed by atoms with E-state index in [0.717, 1.165) is 12.8 Å². The third-order valence-corrected chi connectivity index (χ3v) is 4.03. The summed E-state index contributed by atoms with van der Waals surface area (Å²) in [4.78, 5) is 17.7. The highest BCUT2D eigenvalue weighted by Crippen LogP contribution is 2.14. The lowest BCUT2D eigenvalue weighted by atomic mass is 10.1. The molecule has 2 rings (SSSR count). The minimum absolute atomic E-state index is 0. The molecule has 27 heavy (non-hydrogen) atoms. The predicted molar refractivity (Wildman–Crippen MR) is 113 cm³/mol. The van der Waals surface area contributed by atoms with E-state index in [9.17, 15) is 9.18 Å². The predicted octanol–water partition coefficient (Wildman–Crippen LogP) is 2.74. The molecule has 7 nitrogen and oxygen atoms in total. The van der Waals surface area contributed by atoms with Gasteiger partial charge in [-0.3, -0.25) is 0 Å². The molecule has 1 saturated heterocycles. The molecule has 1 aliphatic heterocycles. The molecule has 3 N–H and O–H groups in total. The lowest BCUT2D eigenvalue weighted by Gasteiger charge is -2.31. The molecule has 0 radical (unpaired) electrons. The van der Waals surface area contributed by atoms with Crippen molar-refractivity contribution in [2.24, 2.45) is 10.7 Å². The highest BCUT2D eigenvalue weighted by Gasteiger charge is 2.23. The van der Waals surface area contributed by atoms with Crippen LogP contribution in [-0.4, -0.2) is 55.3 Å². The van der Waals surface area contributed by atoms with Crippen LogP contribution in [0.1, 0.15) is 26.7 Å². The Kier molecular flexibility index (Phi) is 10.2. The van der Waals surface area contributed by atoms with E-state index in [0.29, 0.717) is 38.0 Å². The van der Waals surface area contributed by atoms with Crippen LogP contribution in [0.4, 0.5) is 9.18 Å². The highest BCUT2D eigenvalue weighted by atomic mass is 127. The van der Waals surface area contributed by atoms with Crippen LogP contribution in [0.15, 0.2) is 29.3 Å². The van der Waals surface area contributed by atoms with Crippen LogP contribution in [0, 0.1) is 5.82 Å². The zero-order chi connectivity index (χ0) is 18.9. The summed E-state index contributed by atoms with van der Waals surface area (Å²) in [6.45, 7) is 5.64. The lowest BCUT2D eigenvalue weighted by molar-refractivity contribution is 0.0963. The van der Waals surface area contributed by atoms with Gasteiger partial charge in [-0.2, -0.15) is 0 Å². The van der Waals surface area contributed by atoms with E-state index >= 15 is 0 Å².